The zero-order valence-corrected chi connectivity index (χ0v) is 75.0. The SMILES string of the molecule is C#CC.C#CC.FC(F)(F)Oc1ccc(Br)cc1.FC(F)(F)Oc1ccc(Br)cc1.FC(F)(F)Oc1ccc(C(Br)c2ccc(OC(F)(F)F)cc2)cc1.OC(c1ccc(OC(F)(F)F)cc1)c1ccc(OC(F)(F)F)cc1.OC1(C(c2ccc(OC(F)(F)F)cc2)c2ccc(OC(F)(F)F)cc2)CCN(Cc2ccccc2)CC1.[2HH].[2H][2H].[B][B][B].[B][B][B].c1ccc(CC2CCCCC2)cc1. The van der Waals surface area contributed by atoms with Gasteiger partial charge in [-0.05, 0) is 205 Å². The molecule has 10 aromatic carbocycles. The molecule has 0 unspecified atom stereocenters. The van der Waals surface area contributed by atoms with Gasteiger partial charge in [-0.3, -0.25) is 4.90 Å². The number of rotatable bonds is 19. The zero-order valence-electron chi connectivity index (χ0n) is 72.3. The van der Waals surface area contributed by atoms with Gasteiger partial charge in [0, 0.05) is 84.0 Å². The van der Waals surface area contributed by atoms with E-state index >= 15 is 0 Å². The Morgan fingerprint density at radius 2 is 0.582 bits per heavy atom. The molecule has 44 heteroatoms. The van der Waals surface area contributed by atoms with Crippen LogP contribution in [0.2, 0.25) is 0 Å². The van der Waals surface area contributed by atoms with Crippen LogP contribution in [-0.2, 0) is 13.0 Å². The summed E-state index contributed by atoms with van der Waals surface area (Å²) in [5, 5.41) is 21.9. The lowest BCUT2D eigenvalue weighted by Gasteiger charge is -2.43. The summed E-state index contributed by atoms with van der Waals surface area (Å²) in [5.74, 6) is 1.89. The molecule has 12 rings (SSSR count). The molecular weight excluding hydrogens is 2020 g/mol. The lowest BCUT2D eigenvalue weighted by atomic mass is 9.40. The molecule has 1 aliphatic carbocycles. The van der Waals surface area contributed by atoms with E-state index in [1.54, 1.807) is 13.8 Å². The van der Waals surface area contributed by atoms with E-state index in [1.807, 2.05) is 30.3 Å². The molecule has 1 saturated carbocycles. The molecule has 2 aliphatic rings. The number of halogens is 27. The number of terminal acetylenes is 2. The van der Waals surface area contributed by atoms with Gasteiger partial charge in [-0.2, -0.15) is 0 Å². The minimum absolute atomic E-state index is 0. The Morgan fingerprint density at radius 3 is 0.813 bits per heavy atom. The number of aliphatic hydroxyl groups is 2. The molecule has 134 heavy (non-hydrogen) atoms. The van der Waals surface area contributed by atoms with E-state index in [-0.39, 0.29) is 35.6 Å². The maximum atomic E-state index is 12.6. The van der Waals surface area contributed by atoms with Gasteiger partial charge in [0.1, 0.15) is 52.1 Å². The number of hydrogen-bond donors (Lipinski definition) is 2. The molecule has 0 atom stereocenters. The molecule has 1 aliphatic heterocycles. The highest BCUT2D eigenvalue weighted by atomic mass is 79.9. The fraction of sp³-hybridized carbons (Fsp3) is 0.289. The minimum atomic E-state index is -4.85. The summed E-state index contributed by atoms with van der Waals surface area (Å²) in [6.07, 6.45) is -20.9. The Morgan fingerprint density at radius 1 is 0.373 bits per heavy atom. The monoisotopic (exact) mass is 2100 g/mol. The smallest absolute Gasteiger partial charge is 0.406 e. The molecule has 714 valence electrons. The Balaban J connectivity index is 0.000000832. The van der Waals surface area contributed by atoms with Crippen molar-refractivity contribution in [2.24, 2.45) is 5.92 Å². The van der Waals surface area contributed by atoms with Crippen LogP contribution in [0.4, 0.5) is 105 Å². The molecule has 1 saturated heterocycles. The van der Waals surface area contributed by atoms with Crippen molar-refractivity contribution in [3.05, 3.63) is 308 Å². The molecule has 0 aromatic heterocycles. The minimum Gasteiger partial charge on any atom is -0.406 e. The Hall–Kier alpha value is -10.3. The Kier molecular flexibility index (Phi) is 49.9. The van der Waals surface area contributed by atoms with E-state index in [0.717, 1.165) is 98.4 Å². The van der Waals surface area contributed by atoms with Crippen molar-refractivity contribution in [1.82, 2.24) is 4.90 Å². The fourth-order valence-corrected chi connectivity index (χ4v) is 13.3. The second kappa shape index (κ2) is 57.6. The highest BCUT2D eigenvalue weighted by Crippen LogP contribution is 2.44. The first-order chi connectivity index (χ1) is 63.5. The highest BCUT2D eigenvalue weighted by molar-refractivity contribution is 9.10. The van der Waals surface area contributed by atoms with Crippen molar-refractivity contribution in [1.29, 1.82) is 0 Å². The van der Waals surface area contributed by atoms with Gasteiger partial charge in [0.25, 0.3) is 0 Å². The van der Waals surface area contributed by atoms with Gasteiger partial charge < -0.3 is 48.1 Å². The summed E-state index contributed by atoms with van der Waals surface area (Å²) in [7, 11) is 20.0. The summed E-state index contributed by atoms with van der Waals surface area (Å²) >= 11 is 9.52. The molecule has 2 N–H and O–H groups in total. The summed E-state index contributed by atoms with van der Waals surface area (Å²) in [5.41, 5.74) is 4.09. The number of alkyl halides is 25. The van der Waals surface area contributed by atoms with Crippen LogP contribution in [0.5, 0.6) is 46.0 Å². The van der Waals surface area contributed by atoms with Gasteiger partial charge in [0.15, 0.2) is 0 Å². The van der Waals surface area contributed by atoms with Crippen LogP contribution in [0.15, 0.2) is 264 Å². The average molecular weight is 2100 g/mol. The number of piperidine rings is 1. The second-order valence-corrected chi connectivity index (χ2v) is 30.2. The molecular formula is C90H82B6Br3F24NO10. The lowest BCUT2D eigenvalue weighted by Crippen LogP contribution is -2.48. The maximum absolute atomic E-state index is 12.6. The third-order valence-corrected chi connectivity index (χ3v) is 19.4. The third kappa shape index (κ3) is 52.6. The third-order valence-electron chi connectivity index (χ3n) is 17.3. The van der Waals surface area contributed by atoms with E-state index in [2.05, 4.69) is 177 Å². The maximum Gasteiger partial charge on any atom is 0.573 e. The normalized spacial score (nSPS) is 13.2. The average Bonchev–Trinajstić information content (AvgIpc) is 0.769. The number of hydrogen-bond acceptors (Lipinski definition) is 11. The molecule has 10 radical (unpaired) electrons. The number of benzene rings is 10. The van der Waals surface area contributed by atoms with E-state index in [0.29, 0.717) is 63.7 Å². The van der Waals surface area contributed by atoms with Gasteiger partial charge in [-0.15, -0.1) is 130 Å². The Labute approximate surface area is 794 Å². The zero-order chi connectivity index (χ0) is 103. The van der Waals surface area contributed by atoms with Gasteiger partial charge in [0.05, 0.1) is 10.4 Å². The van der Waals surface area contributed by atoms with Crippen LogP contribution in [-0.4, -0.2) is 130 Å². The van der Waals surface area contributed by atoms with Crippen LogP contribution in [0.3, 0.4) is 0 Å². The first kappa shape index (κ1) is 116. The van der Waals surface area contributed by atoms with E-state index in [4.69, 9.17) is 2.97 Å². The van der Waals surface area contributed by atoms with E-state index in [1.165, 1.54) is 165 Å². The van der Waals surface area contributed by atoms with Crippen molar-refractivity contribution in [2.75, 3.05) is 13.1 Å². The predicted molar refractivity (Wildman–Crippen MR) is 477 cm³/mol. The first-order valence-electron chi connectivity index (χ1n) is 39.8. The topological polar surface area (TPSA) is 118 Å². The number of ether oxygens (including phenoxy) is 8. The van der Waals surface area contributed by atoms with Crippen LogP contribution in [0, 0.1) is 30.6 Å². The van der Waals surface area contributed by atoms with Crippen molar-refractivity contribution >= 4 is 92.9 Å². The largest absolute Gasteiger partial charge is 0.573 e. The fourth-order valence-electron chi connectivity index (χ4n) is 12.1. The van der Waals surface area contributed by atoms with Gasteiger partial charge in [-0.1, -0.05) is 213 Å². The molecule has 0 bridgehead atoms. The van der Waals surface area contributed by atoms with Crippen LogP contribution >= 0.6 is 47.8 Å². The highest BCUT2D eigenvalue weighted by Gasteiger charge is 2.43. The molecule has 0 amide bonds. The van der Waals surface area contributed by atoms with Gasteiger partial charge in [0.2, 0.25) is 0 Å². The molecule has 1 heterocycles. The molecule has 0 spiro atoms. The van der Waals surface area contributed by atoms with Crippen molar-refractivity contribution < 1.29 is 158 Å². The van der Waals surface area contributed by atoms with Gasteiger partial charge >= 0.3 is 50.9 Å². The van der Waals surface area contributed by atoms with Crippen molar-refractivity contribution in [3.63, 3.8) is 0 Å². The number of likely N-dealkylation sites (tertiary alicyclic amines) is 1. The van der Waals surface area contributed by atoms with Crippen molar-refractivity contribution in [3.8, 4) is 70.7 Å². The molecule has 10 aromatic rings. The molecule has 2 fully saturated rings. The van der Waals surface area contributed by atoms with Gasteiger partial charge in [-0.25, -0.2) is 0 Å². The van der Waals surface area contributed by atoms with Crippen LogP contribution in [0.25, 0.3) is 0 Å². The number of aliphatic hydroxyl groups excluding tert-OH is 1. The molecule has 11 nitrogen and oxygen atoms in total. The first-order valence-corrected chi connectivity index (χ1v) is 41.3. The van der Waals surface area contributed by atoms with E-state index < -0.39 is 96.3 Å². The standard InChI is InChI=1S/C27H25F6NO3.C15H9BrF6O2.C15H10F6O3.C13H18.2C7H4BrF3O.2C3H4.2B3.2H2/c28-26(29,30)36-22-10-6-20(7-11-22)24(21-8-12-23(13-9-21)37-27(31,32)33)25(35)14-16-34(17-15-25)18-19-4-2-1-3-5-19;16-13(9-1-5-11(6-2-9)23-14(17,18)19)10-3-7-12(8-4-10)24-15(20,21)22;16-14(17,18)23-11-5-1-9(2-6-11)13(22)10-3-7-12(8-4-10)24-15(19,20)21;1-3-7-12(8-4-1)11-13-9-5-2-6-10-13;2*8-5-1-3-6(4-2-5)12-7(9,10)11;4*1-3-2;;/h1-13,24,35H,14-18H2;1-8,13H;1-8,13,22H;1,3-4,7-8,13H,2,5-6,9-11H2;2*1-4H;2*1H,2H3;;;2*1H/i;;;;;;;;;;1+1D;1+1. The Bertz CT molecular complexity index is 4610. The summed E-state index contributed by atoms with van der Waals surface area (Å²) in [4.78, 5) is 1.78. The van der Waals surface area contributed by atoms with Crippen molar-refractivity contribution in [2.45, 2.75) is 145 Å². The lowest BCUT2D eigenvalue weighted by molar-refractivity contribution is -0.275. The summed E-state index contributed by atoms with van der Waals surface area (Å²) < 4.78 is 332. The summed E-state index contributed by atoms with van der Waals surface area (Å²) in [6.45, 7) is 5.13. The predicted octanol–water partition coefficient (Wildman–Crippen LogP) is 27.2. The van der Waals surface area contributed by atoms with E-state index in [9.17, 15) is 116 Å². The summed E-state index contributed by atoms with van der Waals surface area (Å²) in [6, 6.07) is 61.2. The van der Waals surface area contributed by atoms with Crippen LogP contribution in [0.1, 0.15) is 125 Å². The number of nitrogens with zero attached hydrogens (tertiary/aromatic N) is 1. The second-order valence-electron chi connectivity index (χ2n) is 27.4. The quantitative estimate of drug-likeness (QED) is 0.0349. The van der Waals surface area contributed by atoms with Crippen LogP contribution < -0.4 is 37.9 Å².